The first-order valence-corrected chi connectivity index (χ1v) is 7.74. The van der Waals surface area contributed by atoms with Crippen LogP contribution in [-0.4, -0.2) is 14.6 Å². The Labute approximate surface area is 140 Å². The molecule has 0 radical (unpaired) electrons. The number of hydrogen-bond acceptors (Lipinski definition) is 3. The van der Waals surface area contributed by atoms with Crippen LogP contribution in [0.25, 0.3) is 5.65 Å². The fourth-order valence-corrected chi connectivity index (χ4v) is 3.04. The van der Waals surface area contributed by atoms with E-state index in [1.807, 2.05) is 19.1 Å². The molecule has 0 bridgehead atoms. The molecule has 0 aliphatic heterocycles. The van der Waals surface area contributed by atoms with Gasteiger partial charge in [0.1, 0.15) is 18.0 Å². The average Bonchev–Trinajstić information content (AvgIpc) is 3.14. The number of halogens is 4. The van der Waals surface area contributed by atoms with Crippen molar-refractivity contribution in [1.29, 1.82) is 0 Å². The number of rotatable bonds is 3. The highest BCUT2D eigenvalue weighted by Crippen LogP contribution is 2.49. The predicted octanol–water partition coefficient (Wildman–Crippen LogP) is 4.30. The zero-order valence-electron chi connectivity index (χ0n) is 13.2. The lowest BCUT2D eigenvalue weighted by Gasteiger charge is -2.21. The maximum Gasteiger partial charge on any atom is 0.419 e. The number of hydrogen-bond donors (Lipinski definition) is 1. The van der Waals surface area contributed by atoms with Crippen molar-refractivity contribution in [2.45, 2.75) is 31.5 Å². The Kier molecular flexibility index (Phi) is 3.28. The number of benzene rings is 1. The van der Waals surface area contributed by atoms with Gasteiger partial charge in [-0.05, 0) is 55.2 Å². The standard InChI is InChI=1S/C17H14F4N4/c1-10-6-14-22-9-23-25(14)15(7-10)24-16(4-5-16)11-2-3-12(13(18)8-11)17(19,20)21/h2-3,6-9,24H,4-5H2,1H3. The molecular formula is C17H14F4N4. The fraction of sp³-hybridized carbons (Fsp3) is 0.294. The van der Waals surface area contributed by atoms with E-state index in [2.05, 4.69) is 15.4 Å². The van der Waals surface area contributed by atoms with Crippen LogP contribution in [0.3, 0.4) is 0 Å². The summed E-state index contributed by atoms with van der Waals surface area (Å²) in [5, 5.41) is 7.46. The van der Waals surface area contributed by atoms with Gasteiger partial charge in [0.15, 0.2) is 5.65 Å². The number of aryl methyl sites for hydroxylation is 1. The molecule has 2 heterocycles. The maximum atomic E-state index is 13.9. The first kappa shape index (κ1) is 15.9. The summed E-state index contributed by atoms with van der Waals surface area (Å²) in [6.45, 7) is 1.91. The Balaban J connectivity index is 1.71. The largest absolute Gasteiger partial charge is 0.419 e. The van der Waals surface area contributed by atoms with Crippen LogP contribution in [-0.2, 0) is 11.7 Å². The molecule has 1 aliphatic rings. The second-order valence-corrected chi connectivity index (χ2v) is 6.35. The molecule has 130 valence electrons. The lowest BCUT2D eigenvalue weighted by atomic mass is 10.0. The van der Waals surface area contributed by atoms with Crippen molar-refractivity contribution in [3.8, 4) is 0 Å². The second-order valence-electron chi connectivity index (χ2n) is 6.35. The van der Waals surface area contributed by atoms with Crippen molar-refractivity contribution in [2.75, 3.05) is 5.32 Å². The molecule has 1 fully saturated rings. The summed E-state index contributed by atoms with van der Waals surface area (Å²) < 4.78 is 53.8. The predicted molar refractivity (Wildman–Crippen MR) is 83.7 cm³/mol. The van der Waals surface area contributed by atoms with Crippen LogP contribution in [0.4, 0.5) is 23.4 Å². The van der Waals surface area contributed by atoms with Gasteiger partial charge in [-0.1, -0.05) is 6.07 Å². The highest BCUT2D eigenvalue weighted by atomic mass is 19.4. The highest BCUT2D eigenvalue weighted by molar-refractivity contribution is 5.55. The van der Waals surface area contributed by atoms with Gasteiger partial charge in [0.25, 0.3) is 0 Å². The van der Waals surface area contributed by atoms with Gasteiger partial charge >= 0.3 is 6.18 Å². The van der Waals surface area contributed by atoms with E-state index in [0.29, 0.717) is 29.9 Å². The first-order valence-electron chi connectivity index (χ1n) is 7.74. The van der Waals surface area contributed by atoms with Crippen LogP contribution in [0, 0.1) is 12.7 Å². The molecule has 2 aromatic heterocycles. The zero-order valence-corrected chi connectivity index (χ0v) is 13.2. The summed E-state index contributed by atoms with van der Waals surface area (Å²) in [6.07, 6.45) is -1.88. The van der Waals surface area contributed by atoms with Crippen LogP contribution in [0.2, 0.25) is 0 Å². The number of pyridine rings is 1. The normalized spacial score (nSPS) is 16.2. The topological polar surface area (TPSA) is 42.2 Å². The Morgan fingerprint density at radius 2 is 1.92 bits per heavy atom. The van der Waals surface area contributed by atoms with Gasteiger partial charge in [-0.2, -0.15) is 22.8 Å². The molecule has 25 heavy (non-hydrogen) atoms. The number of nitrogens with one attached hydrogen (secondary N) is 1. The summed E-state index contributed by atoms with van der Waals surface area (Å²) in [5.41, 5.74) is 0.292. The van der Waals surface area contributed by atoms with Crippen molar-refractivity contribution in [3.63, 3.8) is 0 Å². The molecule has 0 amide bonds. The van der Waals surface area contributed by atoms with Crippen molar-refractivity contribution < 1.29 is 17.6 Å². The van der Waals surface area contributed by atoms with E-state index in [0.717, 1.165) is 17.7 Å². The second kappa shape index (κ2) is 5.18. The Hall–Kier alpha value is -2.64. The monoisotopic (exact) mass is 350 g/mol. The number of fused-ring (bicyclic) bond motifs is 1. The van der Waals surface area contributed by atoms with E-state index < -0.39 is 23.1 Å². The molecule has 4 nitrogen and oxygen atoms in total. The molecule has 3 aromatic rings. The molecular weight excluding hydrogens is 336 g/mol. The number of nitrogens with zero attached hydrogens (tertiary/aromatic N) is 3. The number of alkyl halides is 3. The first-order chi connectivity index (χ1) is 11.8. The number of anilines is 1. The molecule has 1 aromatic carbocycles. The Morgan fingerprint density at radius 1 is 1.16 bits per heavy atom. The molecule has 1 aliphatic carbocycles. The van der Waals surface area contributed by atoms with E-state index >= 15 is 0 Å². The van der Waals surface area contributed by atoms with Gasteiger partial charge in [-0.3, -0.25) is 0 Å². The summed E-state index contributed by atoms with van der Waals surface area (Å²) in [4.78, 5) is 4.14. The SMILES string of the molecule is Cc1cc(NC2(c3ccc(C(F)(F)F)c(F)c3)CC2)n2ncnc2c1. The van der Waals surface area contributed by atoms with Gasteiger partial charge < -0.3 is 5.32 Å². The molecule has 1 saturated carbocycles. The summed E-state index contributed by atoms with van der Waals surface area (Å²) >= 11 is 0. The van der Waals surface area contributed by atoms with Crippen molar-refractivity contribution in [3.05, 3.63) is 59.2 Å². The quantitative estimate of drug-likeness (QED) is 0.716. The van der Waals surface area contributed by atoms with Gasteiger partial charge in [0.2, 0.25) is 0 Å². The van der Waals surface area contributed by atoms with Crippen LogP contribution in [0.5, 0.6) is 0 Å². The van der Waals surface area contributed by atoms with E-state index in [4.69, 9.17) is 0 Å². The minimum atomic E-state index is -4.70. The van der Waals surface area contributed by atoms with E-state index in [-0.39, 0.29) is 0 Å². The van der Waals surface area contributed by atoms with Crippen molar-refractivity contribution in [2.24, 2.45) is 0 Å². The summed E-state index contributed by atoms with van der Waals surface area (Å²) in [6, 6.07) is 6.85. The third-order valence-electron chi connectivity index (χ3n) is 4.47. The summed E-state index contributed by atoms with van der Waals surface area (Å²) in [5.74, 6) is -0.585. The van der Waals surface area contributed by atoms with Gasteiger partial charge in [-0.15, -0.1) is 0 Å². The molecule has 0 unspecified atom stereocenters. The Bertz CT molecular complexity index is 957. The maximum absolute atomic E-state index is 13.9. The third kappa shape index (κ3) is 2.71. The van der Waals surface area contributed by atoms with Crippen molar-refractivity contribution >= 4 is 11.5 Å². The van der Waals surface area contributed by atoms with E-state index in [1.165, 1.54) is 12.4 Å². The van der Waals surface area contributed by atoms with E-state index in [1.54, 1.807) is 4.52 Å². The third-order valence-corrected chi connectivity index (χ3v) is 4.47. The molecule has 8 heteroatoms. The molecule has 0 atom stereocenters. The fourth-order valence-electron chi connectivity index (χ4n) is 3.04. The lowest BCUT2D eigenvalue weighted by Crippen LogP contribution is -2.21. The zero-order chi connectivity index (χ0) is 17.8. The summed E-state index contributed by atoms with van der Waals surface area (Å²) in [7, 11) is 0. The average molecular weight is 350 g/mol. The highest BCUT2D eigenvalue weighted by Gasteiger charge is 2.46. The smallest absolute Gasteiger partial charge is 0.360 e. The van der Waals surface area contributed by atoms with Crippen LogP contribution in [0.1, 0.15) is 29.5 Å². The van der Waals surface area contributed by atoms with Crippen LogP contribution >= 0.6 is 0 Å². The molecule has 1 N–H and O–H groups in total. The van der Waals surface area contributed by atoms with Gasteiger partial charge in [0.05, 0.1) is 11.1 Å². The number of aromatic nitrogens is 3. The van der Waals surface area contributed by atoms with Gasteiger partial charge in [-0.25, -0.2) is 9.37 Å². The molecule has 0 spiro atoms. The minimum absolute atomic E-state index is 0.493. The van der Waals surface area contributed by atoms with Crippen LogP contribution in [0.15, 0.2) is 36.7 Å². The molecule has 4 rings (SSSR count). The van der Waals surface area contributed by atoms with Crippen LogP contribution < -0.4 is 5.32 Å². The lowest BCUT2D eigenvalue weighted by molar-refractivity contribution is -0.140. The van der Waals surface area contributed by atoms with Gasteiger partial charge in [0, 0.05) is 0 Å². The van der Waals surface area contributed by atoms with Crippen molar-refractivity contribution in [1.82, 2.24) is 14.6 Å². The minimum Gasteiger partial charge on any atom is -0.360 e. The Morgan fingerprint density at radius 3 is 2.56 bits per heavy atom. The van der Waals surface area contributed by atoms with E-state index in [9.17, 15) is 17.6 Å². The molecule has 0 saturated heterocycles.